The first-order valence-corrected chi connectivity index (χ1v) is 3.62. The largest absolute Gasteiger partial charge is 0.383 e. The lowest BCUT2D eigenvalue weighted by molar-refractivity contribution is 0.156. The van der Waals surface area contributed by atoms with Gasteiger partial charge in [-0.05, 0) is 7.05 Å². The monoisotopic (exact) mass is 145 g/mol. The lowest BCUT2D eigenvalue weighted by Gasteiger charge is -2.13. The molecule has 0 amide bonds. The van der Waals surface area contributed by atoms with Crippen molar-refractivity contribution in [2.24, 2.45) is 0 Å². The highest BCUT2D eigenvalue weighted by Crippen LogP contribution is 2.08. The summed E-state index contributed by atoms with van der Waals surface area (Å²) in [4.78, 5) is 2.22. The standard InChI is InChI=1S/C7H15NO2/c1-8(3-4-9-2)5-7-6-10-7/h7H,3-6H2,1-2H3/t7-/m0/s1. The van der Waals surface area contributed by atoms with E-state index in [4.69, 9.17) is 9.47 Å². The summed E-state index contributed by atoms with van der Waals surface area (Å²) < 4.78 is 10.0. The second kappa shape index (κ2) is 3.91. The number of ether oxygens (including phenoxy) is 2. The minimum absolute atomic E-state index is 0.502. The Morgan fingerprint density at radius 3 is 2.90 bits per heavy atom. The van der Waals surface area contributed by atoms with Gasteiger partial charge in [0.1, 0.15) is 0 Å². The fraction of sp³-hybridized carbons (Fsp3) is 1.00. The van der Waals surface area contributed by atoms with E-state index < -0.39 is 0 Å². The lowest BCUT2D eigenvalue weighted by atomic mass is 10.4. The summed E-state index contributed by atoms with van der Waals surface area (Å²) in [7, 11) is 3.81. The molecule has 0 radical (unpaired) electrons. The molecule has 0 aromatic carbocycles. The molecular weight excluding hydrogens is 130 g/mol. The third kappa shape index (κ3) is 3.15. The predicted octanol–water partition coefficient (Wildman–Crippen LogP) is -0.0366. The van der Waals surface area contributed by atoms with Crippen LogP contribution in [0.2, 0.25) is 0 Å². The zero-order valence-corrected chi connectivity index (χ0v) is 6.67. The minimum atomic E-state index is 0.502. The van der Waals surface area contributed by atoms with Crippen molar-refractivity contribution in [1.29, 1.82) is 0 Å². The van der Waals surface area contributed by atoms with Crippen molar-refractivity contribution in [3.05, 3.63) is 0 Å². The van der Waals surface area contributed by atoms with E-state index in [0.29, 0.717) is 6.10 Å². The number of hydrogen-bond donors (Lipinski definition) is 0. The SMILES string of the molecule is COCCN(C)C[C@H]1CO1. The number of methoxy groups -OCH3 is 1. The molecule has 3 nitrogen and oxygen atoms in total. The maximum Gasteiger partial charge on any atom is 0.0936 e. The first-order chi connectivity index (χ1) is 4.83. The number of likely N-dealkylation sites (N-methyl/N-ethyl adjacent to an activating group) is 1. The second-order valence-corrected chi connectivity index (χ2v) is 2.71. The third-order valence-electron chi connectivity index (χ3n) is 1.59. The molecule has 10 heavy (non-hydrogen) atoms. The molecule has 60 valence electrons. The van der Waals surface area contributed by atoms with E-state index >= 15 is 0 Å². The van der Waals surface area contributed by atoms with Gasteiger partial charge in [-0.3, -0.25) is 0 Å². The molecule has 1 fully saturated rings. The Balaban J connectivity index is 1.91. The van der Waals surface area contributed by atoms with Crippen molar-refractivity contribution in [1.82, 2.24) is 4.90 Å². The minimum Gasteiger partial charge on any atom is -0.383 e. The molecule has 1 saturated heterocycles. The summed E-state index contributed by atoms with van der Waals surface area (Å²) in [5.74, 6) is 0. The van der Waals surface area contributed by atoms with E-state index in [1.807, 2.05) is 0 Å². The van der Waals surface area contributed by atoms with Crippen LogP contribution in [-0.4, -0.2) is 51.5 Å². The van der Waals surface area contributed by atoms with Gasteiger partial charge in [-0.15, -0.1) is 0 Å². The van der Waals surface area contributed by atoms with Gasteiger partial charge >= 0.3 is 0 Å². The molecule has 1 aliphatic heterocycles. The van der Waals surface area contributed by atoms with E-state index in [0.717, 1.165) is 26.3 Å². The van der Waals surface area contributed by atoms with Crippen LogP contribution >= 0.6 is 0 Å². The first-order valence-electron chi connectivity index (χ1n) is 3.62. The van der Waals surface area contributed by atoms with E-state index in [1.165, 1.54) is 0 Å². The maximum atomic E-state index is 5.08. The summed E-state index contributed by atoms with van der Waals surface area (Å²) in [5, 5.41) is 0. The highest BCUT2D eigenvalue weighted by Gasteiger charge is 2.23. The van der Waals surface area contributed by atoms with Crippen molar-refractivity contribution in [2.75, 3.05) is 40.5 Å². The first kappa shape index (κ1) is 7.98. The van der Waals surface area contributed by atoms with Crippen LogP contribution in [0.5, 0.6) is 0 Å². The topological polar surface area (TPSA) is 25.0 Å². The lowest BCUT2D eigenvalue weighted by Crippen LogP contribution is -2.26. The summed E-state index contributed by atoms with van der Waals surface area (Å²) in [6.45, 7) is 3.79. The maximum absolute atomic E-state index is 5.08. The Kier molecular flexibility index (Phi) is 3.12. The van der Waals surface area contributed by atoms with Gasteiger partial charge < -0.3 is 14.4 Å². The molecule has 0 unspecified atom stereocenters. The summed E-state index contributed by atoms with van der Waals surface area (Å²) >= 11 is 0. The molecule has 0 spiro atoms. The van der Waals surface area contributed by atoms with Crippen molar-refractivity contribution in [2.45, 2.75) is 6.10 Å². The van der Waals surface area contributed by atoms with Crippen LogP contribution in [-0.2, 0) is 9.47 Å². The molecular formula is C7H15NO2. The molecule has 1 rings (SSSR count). The number of hydrogen-bond acceptors (Lipinski definition) is 3. The second-order valence-electron chi connectivity index (χ2n) is 2.71. The third-order valence-corrected chi connectivity index (χ3v) is 1.59. The van der Waals surface area contributed by atoms with Gasteiger partial charge in [-0.25, -0.2) is 0 Å². The fourth-order valence-corrected chi connectivity index (χ4v) is 0.859. The van der Waals surface area contributed by atoms with Gasteiger partial charge in [-0.1, -0.05) is 0 Å². The van der Waals surface area contributed by atoms with Crippen molar-refractivity contribution < 1.29 is 9.47 Å². The average Bonchev–Trinajstić information content (AvgIpc) is 2.67. The van der Waals surface area contributed by atoms with Crippen LogP contribution in [0.3, 0.4) is 0 Å². The Hall–Kier alpha value is -0.120. The van der Waals surface area contributed by atoms with Gasteiger partial charge in [-0.2, -0.15) is 0 Å². The zero-order valence-electron chi connectivity index (χ0n) is 6.67. The fourth-order valence-electron chi connectivity index (χ4n) is 0.859. The molecule has 0 bridgehead atoms. The smallest absolute Gasteiger partial charge is 0.0936 e. The molecule has 0 aromatic heterocycles. The molecule has 1 aliphatic rings. The van der Waals surface area contributed by atoms with Gasteiger partial charge in [0.25, 0.3) is 0 Å². The van der Waals surface area contributed by atoms with E-state index in [1.54, 1.807) is 7.11 Å². The van der Waals surface area contributed by atoms with Crippen molar-refractivity contribution in [3.8, 4) is 0 Å². The molecule has 0 saturated carbocycles. The Bertz CT molecular complexity index is 93.6. The summed E-state index contributed by atoms with van der Waals surface area (Å²) in [5.41, 5.74) is 0. The van der Waals surface area contributed by atoms with Crippen LogP contribution in [0.1, 0.15) is 0 Å². The van der Waals surface area contributed by atoms with Crippen LogP contribution in [0.25, 0.3) is 0 Å². The quantitative estimate of drug-likeness (QED) is 0.508. The van der Waals surface area contributed by atoms with Gasteiger partial charge in [0, 0.05) is 20.2 Å². The molecule has 1 heterocycles. The van der Waals surface area contributed by atoms with Gasteiger partial charge in [0.05, 0.1) is 19.3 Å². The van der Waals surface area contributed by atoms with Crippen LogP contribution in [0.15, 0.2) is 0 Å². The summed E-state index contributed by atoms with van der Waals surface area (Å²) in [6, 6.07) is 0. The normalized spacial score (nSPS) is 23.7. The molecule has 0 aliphatic carbocycles. The Labute approximate surface area is 61.9 Å². The molecule has 0 N–H and O–H groups in total. The molecule has 1 atom stereocenters. The molecule has 3 heteroatoms. The predicted molar refractivity (Wildman–Crippen MR) is 39.1 cm³/mol. The Morgan fingerprint density at radius 1 is 1.70 bits per heavy atom. The molecule has 0 aromatic rings. The van der Waals surface area contributed by atoms with Crippen LogP contribution in [0, 0.1) is 0 Å². The van der Waals surface area contributed by atoms with Crippen LogP contribution < -0.4 is 0 Å². The van der Waals surface area contributed by atoms with E-state index in [9.17, 15) is 0 Å². The van der Waals surface area contributed by atoms with E-state index in [2.05, 4.69) is 11.9 Å². The van der Waals surface area contributed by atoms with Crippen molar-refractivity contribution >= 4 is 0 Å². The summed E-state index contributed by atoms with van der Waals surface area (Å²) in [6.07, 6.45) is 0.502. The number of nitrogens with zero attached hydrogens (tertiary/aromatic N) is 1. The highest BCUT2D eigenvalue weighted by atomic mass is 16.6. The highest BCUT2D eigenvalue weighted by molar-refractivity contribution is 4.72. The average molecular weight is 145 g/mol. The number of rotatable bonds is 5. The van der Waals surface area contributed by atoms with Gasteiger partial charge in [0.15, 0.2) is 0 Å². The van der Waals surface area contributed by atoms with Gasteiger partial charge in [0.2, 0.25) is 0 Å². The number of epoxide rings is 1. The van der Waals surface area contributed by atoms with Crippen molar-refractivity contribution in [3.63, 3.8) is 0 Å². The van der Waals surface area contributed by atoms with E-state index in [-0.39, 0.29) is 0 Å². The zero-order chi connectivity index (χ0) is 7.40. The Morgan fingerprint density at radius 2 is 2.40 bits per heavy atom. The van der Waals surface area contributed by atoms with Crippen LogP contribution in [0.4, 0.5) is 0 Å².